The zero-order valence-corrected chi connectivity index (χ0v) is 9.79. The zero-order chi connectivity index (χ0) is 10.8. The van der Waals surface area contributed by atoms with E-state index in [1.807, 2.05) is 0 Å². The van der Waals surface area contributed by atoms with Gasteiger partial charge in [0.05, 0.1) is 18.3 Å². The summed E-state index contributed by atoms with van der Waals surface area (Å²) in [5, 5.41) is 9.14. The summed E-state index contributed by atoms with van der Waals surface area (Å²) in [6.07, 6.45) is 1.13. The molecule has 1 fully saturated rings. The third kappa shape index (κ3) is 2.94. The van der Waals surface area contributed by atoms with Crippen LogP contribution in [0.3, 0.4) is 0 Å². The van der Waals surface area contributed by atoms with Gasteiger partial charge < -0.3 is 9.84 Å². The number of hydrogen-bond acceptors (Lipinski definition) is 3. The Bertz CT molecular complexity index is 182. The predicted octanol–water partition coefficient (Wildman–Crippen LogP) is 1.26. The predicted molar refractivity (Wildman–Crippen MR) is 57.4 cm³/mol. The second-order valence-electron chi connectivity index (χ2n) is 4.87. The Kier molecular flexibility index (Phi) is 3.93. The maximum Gasteiger partial charge on any atom is 0.0940 e. The highest BCUT2D eigenvalue weighted by Gasteiger charge is 2.34. The molecule has 0 bridgehead atoms. The van der Waals surface area contributed by atoms with Crippen LogP contribution in [-0.4, -0.2) is 47.4 Å². The Morgan fingerprint density at radius 1 is 1.57 bits per heavy atom. The molecule has 1 heterocycles. The molecule has 0 radical (unpaired) electrons. The van der Waals surface area contributed by atoms with Gasteiger partial charge in [-0.05, 0) is 27.2 Å². The van der Waals surface area contributed by atoms with E-state index >= 15 is 0 Å². The maximum absolute atomic E-state index is 9.14. The normalized spacial score (nSPS) is 30.2. The molecular weight excluding hydrogens is 178 g/mol. The van der Waals surface area contributed by atoms with Crippen molar-refractivity contribution in [3.8, 4) is 0 Å². The molecule has 1 N–H and O–H groups in total. The standard InChI is InChI=1S/C11H23NO2/c1-5-9(2)12-6-10(7-13)14-11(3,4)8-12/h9-10,13H,5-8H2,1-4H3. The van der Waals surface area contributed by atoms with E-state index in [1.165, 1.54) is 0 Å². The average Bonchev–Trinajstić information content (AvgIpc) is 2.14. The summed E-state index contributed by atoms with van der Waals surface area (Å²) in [4.78, 5) is 2.41. The molecule has 0 aromatic carbocycles. The van der Waals surface area contributed by atoms with E-state index in [0.29, 0.717) is 6.04 Å². The van der Waals surface area contributed by atoms with Crippen molar-refractivity contribution >= 4 is 0 Å². The summed E-state index contributed by atoms with van der Waals surface area (Å²) >= 11 is 0. The van der Waals surface area contributed by atoms with Crippen LogP contribution in [0.5, 0.6) is 0 Å². The second-order valence-corrected chi connectivity index (χ2v) is 4.87. The van der Waals surface area contributed by atoms with Gasteiger partial charge in [-0.15, -0.1) is 0 Å². The second kappa shape index (κ2) is 4.60. The molecule has 1 aliphatic heterocycles. The molecule has 1 saturated heterocycles. The van der Waals surface area contributed by atoms with Crippen molar-refractivity contribution in [2.45, 2.75) is 51.9 Å². The van der Waals surface area contributed by atoms with Crippen LogP contribution in [0.15, 0.2) is 0 Å². The Morgan fingerprint density at radius 3 is 2.71 bits per heavy atom. The van der Waals surface area contributed by atoms with Crippen LogP contribution in [0.2, 0.25) is 0 Å². The van der Waals surface area contributed by atoms with Crippen molar-refractivity contribution in [1.82, 2.24) is 4.90 Å². The fraction of sp³-hybridized carbons (Fsp3) is 1.00. The molecule has 0 amide bonds. The summed E-state index contributed by atoms with van der Waals surface area (Å²) in [5.74, 6) is 0. The van der Waals surface area contributed by atoms with Gasteiger partial charge in [0.25, 0.3) is 0 Å². The fourth-order valence-corrected chi connectivity index (χ4v) is 2.03. The third-order valence-electron chi connectivity index (χ3n) is 2.93. The Labute approximate surface area is 87.1 Å². The lowest BCUT2D eigenvalue weighted by Crippen LogP contribution is -2.56. The van der Waals surface area contributed by atoms with Crippen LogP contribution < -0.4 is 0 Å². The molecule has 3 nitrogen and oxygen atoms in total. The molecule has 0 spiro atoms. The van der Waals surface area contributed by atoms with Crippen LogP contribution >= 0.6 is 0 Å². The van der Waals surface area contributed by atoms with Crippen LogP contribution in [0, 0.1) is 0 Å². The van der Waals surface area contributed by atoms with Crippen molar-refractivity contribution in [2.75, 3.05) is 19.7 Å². The summed E-state index contributed by atoms with van der Waals surface area (Å²) < 4.78 is 5.76. The first-order chi connectivity index (χ1) is 6.48. The van der Waals surface area contributed by atoms with Gasteiger partial charge in [0, 0.05) is 19.1 Å². The third-order valence-corrected chi connectivity index (χ3v) is 2.93. The fourth-order valence-electron chi connectivity index (χ4n) is 2.03. The van der Waals surface area contributed by atoms with Crippen molar-refractivity contribution in [2.24, 2.45) is 0 Å². The van der Waals surface area contributed by atoms with E-state index < -0.39 is 0 Å². The summed E-state index contributed by atoms with van der Waals surface area (Å²) in [5.41, 5.74) is -0.130. The highest BCUT2D eigenvalue weighted by molar-refractivity contribution is 4.85. The Balaban J connectivity index is 2.60. The number of hydrogen-bond donors (Lipinski definition) is 1. The number of morpholine rings is 1. The number of rotatable bonds is 3. The van der Waals surface area contributed by atoms with E-state index in [0.717, 1.165) is 19.5 Å². The van der Waals surface area contributed by atoms with Gasteiger partial charge in [0.2, 0.25) is 0 Å². The first kappa shape index (κ1) is 12.0. The maximum atomic E-state index is 9.14. The van der Waals surface area contributed by atoms with Crippen molar-refractivity contribution in [3.05, 3.63) is 0 Å². The van der Waals surface area contributed by atoms with Crippen LogP contribution in [0.4, 0.5) is 0 Å². The SMILES string of the molecule is CCC(C)N1CC(CO)OC(C)(C)C1. The topological polar surface area (TPSA) is 32.7 Å². The smallest absolute Gasteiger partial charge is 0.0940 e. The minimum atomic E-state index is -0.130. The van der Waals surface area contributed by atoms with Crippen molar-refractivity contribution in [1.29, 1.82) is 0 Å². The first-order valence-corrected chi connectivity index (χ1v) is 5.51. The molecule has 0 aromatic rings. The number of nitrogens with zero attached hydrogens (tertiary/aromatic N) is 1. The molecule has 1 rings (SSSR count). The van der Waals surface area contributed by atoms with Gasteiger partial charge in [0.15, 0.2) is 0 Å². The molecule has 0 aliphatic carbocycles. The number of aliphatic hydroxyl groups excluding tert-OH is 1. The molecular formula is C11H23NO2. The first-order valence-electron chi connectivity index (χ1n) is 5.51. The van der Waals surface area contributed by atoms with E-state index in [4.69, 9.17) is 9.84 Å². The highest BCUT2D eigenvalue weighted by Crippen LogP contribution is 2.23. The molecule has 0 aromatic heterocycles. The quantitative estimate of drug-likeness (QED) is 0.746. The monoisotopic (exact) mass is 201 g/mol. The number of aliphatic hydroxyl groups is 1. The summed E-state index contributed by atoms with van der Waals surface area (Å²) in [6.45, 7) is 10.5. The molecule has 1 aliphatic rings. The van der Waals surface area contributed by atoms with Gasteiger partial charge in [-0.2, -0.15) is 0 Å². The van der Waals surface area contributed by atoms with Gasteiger partial charge in [-0.25, -0.2) is 0 Å². The average molecular weight is 201 g/mol. The number of ether oxygens (including phenoxy) is 1. The molecule has 84 valence electrons. The van der Waals surface area contributed by atoms with Crippen molar-refractivity contribution in [3.63, 3.8) is 0 Å². The van der Waals surface area contributed by atoms with Crippen LogP contribution in [0.1, 0.15) is 34.1 Å². The molecule has 3 heteroatoms. The van der Waals surface area contributed by atoms with E-state index in [2.05, 4.69) is 32.6 Å². The van der Waals surface area contributed by atoms with Gasteiger partial charge in [-0.1, -0.05) is 6.92 Å². The van der Waals surface area contributed by atoms with Crippen molar-refractivity contribution < 1.29 is 9.84 Å². The van der Waals surface area contributed by atoms with Gasteiger partial charge in [-0.3, -0.25) is 4.90 Å². The van der Waals surface area contributed by atoms with Crippen LogP contribution in [-0.2, 0) is 4.74 Å². The Hall–Kier alpha value is -0.120. The van der Waals surface area contributed by atoms with E-state index in [-0.39, 0.29) is 18.3 Å². The minimum Gasteiger partial charge on any atom is -0.394 e. The van der Waals surface area contributed by atoms with E-state index in [9.17, 15) is 0 Å². The minimum absolute atomic E-state index is 0.0206. The molecule has 2 unspecified atom stereocenters. The lowest BCUT2D eigenvalue weighted by Gasteiger charge is -2.44. The molecule has 14 heavy (non-hydrogen) atoms. The van der Waals surface area contributed by atoms with E-state index in [1.54, 1.807) is 0 Å². The summed E-state index contributed by atoms with van der Waals surface area (Å²) in [7, 11) is 0. The zero-order valence-electron chi connectivity index (χ0n) is 9.79. The molecule has 2 atom stereocenters. The summed E-state index contributed by atoms with van der Waals surface area (Å²) in [6, 6.07) is 0.576. The van der Waals surface area contributed by atoms with Gasteiger partial charge in [0.1, 0.15) is 0 Å². The Morgan fingerprint density at radius 2 is 2.21 bits per heavy atom. The lowest BCUT2D eigenvalue weighted by atomic mass is 10.0. The largest absolute Gasteiger partial charge is 0.394 e. The molecule has 0 saturated carbocycles. The van der Waals surface area contributed by atoms with Gasteiger partial charge >= 0.3 is 0 Å². The van der Waals surface area contributed by atoms with Crippen LogP contribution in [0.25, 0.3) is 0 Å². The lowest BCUT2D eigenvalue weighted by molar-refractivity contribution is -0.155. The highest BCUT2D eigenvalue weighted by atomic mass is 16.5.